The van der Waals surface area contributed by atoms with Gasteiger partial charge in [-0.05, 0) is 36.8 Å². The Bertz CT molecular complexity index is 675. The molecule has 0 fully saturated rings. The van der Waals surface area contributed by atoms with Crippen molar-refractivity contribution in [2.24, 2.45) is 0 Å². The van der Waals surface area contributed by atoms with Crippen LogP contribution in [0.25, 0.3) is 0 Å². The molecule has 6 heteroatoms. The second kappa shape index (κ2) is 6.21. The van der Waals surface area contributed by atoms with Crippen LogP contribution in [0.3, 0.4) is 0 Å². The van der Waals surface area contributed by atoms with Crippen molar-refractivity contribution in [3.05, 3.63) is 53.6 Å². The van der Waals surface area contributed by atoms with Crippen LogP contribution in [0.4, 0.5) is 20.2 Å². The first-order valence-corrected chi connectivity index (χ1v) is 6.19. The Kier molecular flexibility index (Phi) is 4.37. The summed E-state index contributed by atoms with van der Waals surface area (Å²) < 4.78 is 31.2. The molecule has 3 N–H and O–H groups in total. The molecule has 0 radical (unpaired) electrons. The Morgan fingerprint density at radius 3 is 2.71 bits per heavy atom. The number of carbonyl (C=O) groups is 1. The Morgan fingerprint density at radius 2 is 2.00 bits per heavy atom. The number of anilines is 2. The number of amides is 1. The highest BCUT2D eigenvalue weighted by molar-refractivity contribution is 5.92. The Hall–Kier alpha value is -2.63. The topological polar surface area (TPSA) is 64.3 Å². The lowest BCUT2D eigenvalue weighted by Gasteiger charge is -2.09. The zero-order valence-electron chi connectivity index (χ0n) is 11.3. The monoisotopic (exact) mass is 292 g/mol. The minimum absolute atomic E-state index is 0.312. The Morgan fingerprint density at radius 1 is 1.24 bits per heavy atom. The van der Waals surface area contributed by atoms with Crippen molar-refractivity contribution in [2.45, 2.75) is 6.92 Å². The summed E-state index contributed by atoms with van der Waals surface area (Å²) in [5.74, 6) is -2.18. The van der Waals surface area contributed by atoms with Crippen LogP contribution in [0, 0.1) is 18.6 Å². The third kappa shape index (κ3) is 3.92. The highest BCUT2D eigenvalue weighted by Gasteiger charge is 2.09. The molecule has 4 nitrogen and oxygen atoms in total. The standard InChI is InChI=1S/C15H14F2N2O2/c1-9-2-4-11(7-13(9)18)19-15(20)8-21-14-6-10(16)3-5-12(14)17/h2-7H,8,18H2,1H3,(H,19,20). The summed E-state index contributed by atoms with van der Waals surface area (Å²) in [5.41, 5.74) is 7.67. The number of aryl methyl sites for hydroxylation is 1. The molecule has 0 spiro atoms. The number of nitrogens with one attached hydrogen (secondary N) is 1. The Labute approximate surface area is 120 Å². The van der Waals surface area contributed by atoms with Gasteiger partial charge in [0.1, 0.15) is 5.82 Å². The number of rotatable bonds is 4. The average molecular weight is 292 g/mol. The molecule has 0 atom stereocenters. The minimum atomic E-state index is -0.733. The SMILES string of the molecule is Cc1ccc(NC(=O)COc2cc(F)ccc2F)cc1N. The molecular formula is C15H14F2N2O2. The van der Waals surface area contributed by atoms with Gasteiger partial charge in [-0.25, -0.2) is 8.78 Å². The quantitative estimate of drug-likeness (QED) is 0.852. The third-order valence-electron chi connectivity index (χ3n) is 2.82. The van der Waals surface area contributed by atoms with E-state index in [9.17, 15) is 13.6 Å². The van der Waals surface area contributed by atoms with Crippen LogP contribution in [0.2, 0.25) is 0 Å². The number of benzene rings is 2. The number of hydrogen-bond acceptors (Lipinski definition) is 3. The lowest BCUT2D eigenvalue weighted by molar-refractivity contribution is -0.118. The van der Waals surface area contributed by atoms with Gasteiger partial charge in [-0.2, -0.15) is 0 Å². The van der Waals surface area contributed by atoms with Crippen LogP contribution in [0.1, 0.15) is 5.56 Å². The summed E-state index contributed by atoms with van der Waals surface area (Å²) >= 11 is 0. The predicted octanol–water partition coefficient (Wildman–Crippen LogP) is 2.87. The molecule has 2 rings (SSSR count). The molecule has 0 aromatic heterocycles. The smallest absolute Gasteiger partial charge is 0.262 e. The van der Waals surface area contributed by atoms with Gasteiger partial charge in [0.25, 0.3) is 5.91 Å². The molecule has 2 aromatic carbocycles. The van der Waals surface area contributed by atoms with Gasteiger partial charge in [-0.15, -0.1) is 0 Å². The summed E-state index contributed by atoms with van der Waals surface area (Å²) in [7, 11) is 0. The van der Waals surface area contributed by atoms with Crippen molar-refractivity contribution in [3.8, 4) is 5.75 Å². The van der Waals surface area contributed by atoms with Gasteiger partial charge in [0, 0.05) is 17.4 Å². The summed E-state index contributed by atoms with van der Waals surface area (Å²) in [4.78, 5) is 11.7. The summed E-state index contributed by atoms with van der Waals surface area (Å²) in [6.07, 6.45) is 0. The van der Waals surface area contributed by atoms with E-state index in [0.717, 1.165) is 23.8 Å². The van der Waals surface area contributed by atoms with E-state index in [4.69, 9.17) is 10.5 Å². The normalized spacial score (nSPS) is 10.2. The highest BCUT2D eigenvalue weighted by Crippen LogP contribution is 2.19. The number of nitrogen functional groups attached to an aromatic ring is 1. The molecule has 2 aromatic rings. The zero-order valence-corrected chi connectivity index (χ0v) is 11.3. The predicted molar refractivity (Wildman–Crippen MR) is 76.1 cm³/mol. The van der Waals surface area contributed by atoms with E-state index in [2.05, 4.69) is 5.32 Å². The van der Waals surface area contributed by atoms with E-state index in [1.807, 2.05) is 6.92 Å². The average Bonchev–Trinajstić information content (AvgIpc) is 2.44. The van der Waals surface area contributed by atoms with Gasteiger partial charge in [-0.1, -0.05) is 6.07 Å². The van der Waals surface area contributed by atoms with E-state index in [1.54, 1.807) is 18.2 Å². The second-order valence-electron chi connectivity index (χ2n) is 4.48. The van der Waals surface area contributed by atoms with Crippen LogP contribution in [0.5, 0.6) is 5.75 Å². The largest absolute Gasteiger partial charge is 0.481 e. The first-order chi connectivity index (χ1) is 9.95. The molecule has 0 saturated carbocycles. The Balaban J connectivity index is 1.95. The molecule has 110 valence electrons. The van der Waals surface area contributed by atoms with E-state index < -0.39 is 24.1 Å². The van der Waals surface area contributed by atoms with Gasteiger partial charge < -0.3 is 15.8 Å². The molecule has 0 unspecified atom stereocenters. The lowest BCUT2D eigenvalue weighted by Crippen LogP contribution is -2.20. The van der Waals surface area contributed by atoms with Gasteiger partial charge in [-0.3, -0.25) is 4.79 Å². The number of halogens is 2. The van der Waals surface area contributed by atoms with E-state index in [-0.39, 0.29) is 5.75 Å². The van der Waals surface area contributed by atoms with Crippen molar-refractivity contribution in [1.29, 1.82) is 0 Å². The van der Waals surface area contributed by atoms with Crippen LogP contribution >= 0.6 is 0 Å². The van der Waals surface area contributed by atoms with Crippen molar-refractivity contribution >= 4 is 17.3 Å². The zero-order chi connectivity index (χ0) is 15.4. The second-order valence-corrected chi connectivity index (χ2v) is 4.48. The molecule has 0 aliphatic heterocycles. The van der Waals surface area contributed by atoms with E-state index in [1.165, 1.54) is 0 Å². The fourth-order valence-electron chi connectivity index (χ4n) is 1.65. The maximum atomic E-state index is 13.3. The third-order valence-corrected chi connectivity index (χ3v) is 2.82. The van der Waals surface area contributed by atoms with Crippen molar-refractivity contribution in [2.75, 3.05) is 17.7 Å². The minimum Gasteiger partial charge on any atom is -0.481 e. The van der Waals surface area contributed by atoms with E-state index >= 15 is 0 Å². The summed E-state index contributed by atoms with van der Waals surface area (Å²) in [5, 5.41) is 2.55. The van der Waals surface area contributed by atoms with Gasteiger partial charge in [0.05, 0.1) is 0 Å². The molecule has 21 heavy (non-hydrogen) atoms. The van der Waals surface area contributed by atoms with Crippen LogP contribution in [-0.4, -0.2) is 12.5 Å². The van der Waals surface area contributed by atoms with Gasteiger partial charge in [0.15, 0.2) is 18.2 Å². The molecule has 1 amide bonds. The van der Waals surface area contributed by atoms with Crippen LogP contribution < -0.4 is 15.8 Å². The van der Waals surface area contributed by atoms with Crippen LogP contribution in [-0.2, 0) is 4.79 Å². The summed E-state index contributed by atoms with van der Waals surface area (Å²) in [6, 6.07) is 7.84. The van der Waals surface area contributed by atoms with Crippen molar-refractivity contribution < 1.29 is 18.3 Å². The van der Waals surface area contributed by atoms with E-state index in [0.29, 0.717) is 11.4 Å². The fraction of sp³-hybridized carbons (Fsp3) is 0.133. The number of hydrogen-bond donors (Lipinski definition) is 2. The highest BCUT2D eigenvalue weighted by atomic mass is 19.1. The maximum absolute atomic E-state index is 13.3. The lowest BCUT2D eigenvalue weighted by atomic mass is 10.2. The van der Waals surface area contributed by atoms with Gasteiger partial charge in [0.2, 0.25) is 0 Å². The number of ether oxygens (including phenoxy) is 1. The van der Waals surface area contributed by atoms with Gasteiger partial charge >= 0.3 is 0 Å². The first-order valence-electron chi connectivity index (χ1n) is 6.19. The van der Waals surface area contributed by atoms with Crippen LogP contribution in [0.15, 0.2) is 36.4 Å². The molecule has 0 aliphatic rings. The van der Waals surface area contributed by atoms with Crippen molar-refractivity contribution in [1.82, 2.24) is 0 Å². The van der Waals surface area contributed by atoms with Crippen molar-refractivity contribution in [3.63, 3.8) is 0 Å². The maximum Gasteiger partial charge on any atom is 0.262 e. The molecule has 0 heterocycles. The number of carbonyl (C=O) groups excluding carboxylic acids is 1. The molecular weight excluding hydrogens is 278 g/mol. The first kappa shape index (κ1) is 14.8. The molecule has 0 saturated heterocycles. The summed E-state index contributed by atoms with van der Waals surface area (Å²) in [6.45, 7) is 1.41. The molecule has 0 aliphatic carbocycles. The molecule has 0 bridgehead atoms. The number of nitrogens with two attached hydrogens (primary N) is 1. The fourth-order valence-corrected chi connectivity index (χ4v) is 1.65.